The molecule has 2 aromatic heterocycles. The Hall–Kier alpha value is -1.42. The van der Waals surface area contributed by atoms with E-state index >= 15 is 0 Å². The van der Waals surface area contributed by atoms with Crippen LogP contribution in [0.2, 0.25) is 5.15 Å². The quantitative estimate of drug-likeness (QED) is 0.750. The van der Waals surface area contributed by atoms with E-state index in [4.69, 9.17) is 11.6 Å². The van der Waals surface area contributed by atoms with Crippen LogP contribution in [0.15, 0.2) is 18.5 Å². The average Bonchev–Trinajstić information content (AvgIpc) is 3.01. The predicted molar refractivity (Wildman–Crippen MR) is 61.2 cm³/mol. The molecule has 0 atom stereocenters. The van der Waals surface area contributed by atoms with E-state index in [2.05, 4.69) is 15.1 Å². The van der Waals surface area contributed by atoms with Gasteiger partial charge in [-0.25, -0.2) is 9.97 Å². The minimum absolute atomic E-state index is 0.510. The highest BCUT2D eigenvalue weighted by Gasteiger charge is 2.26. The minimum Gasteiger partial charge on any atom is -0.275 e. The molecule has 2 heterocycles. The maximum Gasteiger partial charge on any atom is 0.164 e. The second-order valence-corrected chi connectivity index (χ2v) is 4.50. The summed E-state index contributed by atoms with van der Waals surface area (Å²) in [5, 5.41) is 4.62. The maximum atomic E-state index is 6.00. The first-order valence-corrected chi connectivity index (χ1v) is 5.63. The second kappa shape index (κ2) is 3.56. The van der Waals surface area contributed by atoms with Gasteiger partial charge in [0.1, 0.15) is 5.15 Å². The van der Waals surface area contributed by atoms with Gasteiger partial charge in [0.05, 0.1) is 11.8 Å². The van der Waals surface area contributed by atoms with E-state index in [0.29, 0.717) is 16.9 Å². The molecule has 82 valence electrons. The fourth-order valence-electron chi connectivity index (χ4n) is 1.69. The first kappa shape index (κ1) is 9.78. The number of halogens is 1. The molecule has 0 N–H and O–H groups in total. The molecule has 0 aromatic carbocycles. The molecule has 16 heavy (non-hydrogen) atoms. The predicted octanol–water partition coefficient (Wildman–Crippen LogP) is 2.41. The van der Waals surface area contributed by atoms with E-state index in [9.17, 15) is 0 Å². The van der Waals surface area contributed by atoms with Crippen molar-refractivity contribution in [3.8, 4) is 11.4 Å². The minimum atomic E-state index is 0.510. The molecule has 0 spiro atoms. The zero-order valence-electron chi connectivity index (χ0n) is 8.89. The number of nitrogens with zero attached hydrogens (tertiary/aromatic N) is 4. The van der Waals surface area contributed by atoms with Gasteiger partial charge in [-0.1, -0.05) is 11.6 Å². The fourth-order valence-corrected chi connectivity index (χ4v) is 1.88. The normalized spacial score (nSPS) is 15.4. The van der Waals surface area contributed by atoms with Gasteiger partial charge in [0.15, 0.2) is 5.82 Å². The molecule has 1 aliphatic rings. The number of rotatable bonds is 2. The zero-order chi connectivity index (χ0) is 11.1. The molecule has 1 aliphatic carbocycles. The van der Waals surface area contributed by atoms with Crippen LogP contribution in [0, 0.1) is 0 Å². The summed E-state index contributed by atoms with van der Waals surface area (Å²) in [6, 6.07) is 1.86. The summed E-state index contributed by atoms with van der Waals surface area (Å²) >= 11 is 6.00. The Morgan fingerprint density at radius 2 is 2.19 bits per heavy atom. The number of aromatic nitrogens is 4. The zero-order valence-corrected chi connectivity index (χ0v) is 9.65. The van der Waals surface area contributed by atoms with Crippen LogP contribution in [0.1, 0.15) is 24.5 Å². The molecule has 0 amide bonds. The van der Waals surface area contributed by atoms with Crippen LogP contribution in [0.5, 0.6) is 0 Å². The van der Waals surface area contributed by atoms with E-state index in [0.717, 1.165) is 11.3 Å². The Balaban J connectivity index is 2.06. The van der Waals surface area contributed by atoms with Crippen LogP contribution in [0.25, 0.3) is 11.4 Å². The van der Waals surface area contributed by atoms with Crippen LogP contribution >= 0.6 is 11.6 Å². The van der Waals surface area contributed by atoms with Gasteiger partial charge in [-0.3, -0.25) is 4.68 Å². The highest BCUT2D eigenvalue weighted by atomic mass is 35.5. The van der Waals surface area contributed by atoms with Crippen molar-refractivity contribution >= 4 is 11.6 Å². The average molecular weight is 235 g/mol. The SMILES string of the molecule is Cn1cc(-c2nc(Cl)cc(C3CC3)n2)cn1. The largest absolute Gasteiger partial charge is 0.275 e. The van der Waals surface area contributed by atoms with Crippen molar-refractivity contribution in [3.63, 3.8) is 0 Å². The van der Waals surface area contributed by atoms with Crippen molar-refractivity contribution in [3.05, 3.63) is 29.3 Å². The Labute approximate surface area is 98.3 Å². The van der Waals surface area contributed by atoms with Crippen molar-refractivity contribution < 1.29 is 0 Å². The lowest BCUT2D eigenvalue weighted by atomic mass is 10.2. The first-order chi connectivity index (χ1) is 7.72. The van der Waals surface area contributed by atoms with Crippen molar-refractivity contribution in [2.24, 2.45) is 7.05 Å². The molecule has 0 unspecified atom stereocenters. The highest BCUT2D eigenvalue weighted by Crippen LogP contribution is 2.40. The van der Waals surface area contributed by atoms with E-state index in [1.54, 1.807) is 10.9 Å². The lowest BCUT2D eigenvalue weighted by molar-refractivity contribution is 0.768. The summed E-state index contributed by atoms with van der Waals surface area (Å²) < 4.78 is 1.73. The van der Waals surface area contributed by atoms with E-state index in [1.165, 1.54) is 12.8 Å². The maximum absolute atomic E-state index is 6.00. The fraction of sp³-hybridized carbons (Fsp3) is 0.364. The molecule has 3 rings (SSSR count). The van der Waals surface area contributed by atoms with E-state index < -0.39 is 0 Å². The van der Waals surface area contributed by atoms with Crippen LogP contribution in [-0.4, -0.2) is 19.7 Å². The summed E-state index contributed by atoms with van der Waals surface area (Å²) in [6.45, 7) is 0. The second-order valence-electron chi connectivity index (χ2n) is 4.12. The topological polar surface area (TPSA) is 43.6 Å². The molecule has 4 nitrogen and oxygen atoms in total. The molecule has 0 bridgehead atoms. The molecule has 0 radical (unpaired) electrons. The number of hydrogen-bond donors (Lipinski definition) is 0. The third-order valence-corrected chi connectivity index (χ3v) is 2.87. The van der Waals surface area contributed by atoms with Gasteiger partial charge in [0.25, 0.3) is 0 Å². The third-order valence-electron chi connectivity index (χ3n) is 2.67. The summed E-state index contributed by atoms with van der Waals surface area (Å²) in [4.78, 5) is 8.76. The lowest BCUT2D eigenvalue weighted by Gasteiger charge is -2.01. The van der Waals surface area contributed by atoms with Gasteiger partial charge < -0.3 is 0 Å². The standard InChI is InChI=1S/C11H11ClN4/c1-16-6-8(5-13-16)11-14-9(7-2-3-7)4-10(12)15-11/h4-7H,2-3H2,1H3. The molecule has 5 heteroatoms. The summed E-state index contributed by atoms with van der Waals surface area (Å²) in [6.07, 6.45) is 6.06. The molecule has 0 saturated heterocycles. The molecular formula is C11H11ClN4. The Bertz CT molecular complexity index is 531. The van der Waals surface area contributed by atoms with Gasteiger partial charge in [-0.2, -0.15) is 5.10 Å². The van der Waals surface area contributed by atoms with Crippen LogP contribution < -0.4 is 0 Å². The third kappa shape index (κ3) is 1.80. The number of hydrogen-bond acceptors (Lipinski definition) is 3. The Kier molecular flexibility index (Phi) is 2.17. The summed E-state index contributed by atoms with van der Waals surface area (Å²) in [5.41, 5.74) is 1.96. The van der Waals surface area contributed by atoms with Crippen LogP contribution in [0.3, 0.4) is 0 Å². The molecule has 2 aromatic rings. The lowest BCUT2D eigenvalue weighted by Crippen LogP contribution is -1.94. The van der Waals surface area contributed by atoms with Gasteiger partial charge in [0, 0.05) is 24.9 Å². The van der Waals surface area contributed by atoms with Gasteiger partial charge in [-0.05, 0) is 18.9 Å². The summed E-state index contributed by atoms with van der Waals surface area (Å²) in [5.74, 6) is 1.25. The monoisotopic (exact) mass is 234 g/mol. The Morgan fingerprint density at radius 1 is 1.38 bits per heavy atom. The van der Waals surface area contributed by atoms with E-state index in [1.807, 2.05) is 19.3 Å². The molecule has 1 fully saturated rings. The van der Waals surface area contributed by atoms with Gasteiger partial charge >= 0.3 is 0 Å². The highest BCUT2D eigenvalue weighted by molar-refractivity contribution is 6.29. The van der Waals surface area contributed by atoms with Crippen molar-refractivity contribution in [2.75, 3.05) is 0 Å². The Morgan fingerprint density at radius 3 is 2.81 bits per heavy atom. The number of aryl methyl sites for hydroxylation is 1. The molecule has 1 saturated carbocycles. The van der Waals surface area contributed by atoms with E-state index in [-0.39, 0.29) is 0 Å². The van der Waals surface area contributed by atoms with Crippen molar-refractivity contribution in [1.82, 2.24) is 19.7 Å². The van der Waals surface area contributed by atoms with Crippen molar-refractivity contribution in [2.45, 2.75) is 18.8 Å². The van der Waals surface area contributed by atoms with Crippen LogP contribution in [-0.2, 0) is 7.05 Å². The summed E-state index contributed by atoms with van der Waals surface area (Å²) in [7, 11) is 1.87. The smallest absolute Gasteiger partial charge is 0.164 e. The van der Waals surface area contributed by atoms with Crippen LogP contribution in [0.4, 0.5) is 0 Å². The van der Waals surface area contributed by atoms with Gasteiger partial charge in [0.2, 0.25) is 0 Å². The molecule has 0 aliphatic heterocycles. The molecular weight excluding hydrogens is 224 g/mol. The van der Waals surface area contributed by atoms with Gasteiger partial charge in [-0.15, -0.1) is 0 Å². The first-order valence-electron chi connectivity index (χ1n) is 5.26. The van der Waals surface area contributed by atoms with Crippen molar-refractivity contribution in [1.29, 1.82) is 0 Å².